The number of rotatable bonds is 6. The van der Waals surface area contributed by atoms with Crippen molar-refractivity contribution >= 4 is 7.60 Å². The van der Waals surface area contributed by atoms with Gasteiger partial charge < -0.3 is 24.7 Å². The van der Waals surface area contributed by atoms with Crippen molar-refractivity contribution in [1.82, 2.24) is 0 Å². The van der Waals surface area contributed by atoms with Crippen LogP contribution in [-0.2, 0) is 4.57 Å². The standard InChI is InChI=1S/C19H25O6P/c1-11(2)16-9-14(5-6-17(16)20)19(21)18-12(3)7-15(8-13(18)4)25-10-26(22,23)24/h5-9,11,19-21H,10H2,1-4H3,(H2,22,23,24). The molecular weight excluding hydrogens is 355 g/mol. The Hall–Kier alpha value is -1.85. The molecule has 1 atom stereocenters. The maximum Gasteiger partial charge on any atom is 0.362 e. The molecule has 4 N–H and O–H groups in total. The molecule has 142 valence electrons. The van der Waals surface area contributed by atoms with Crippen LogP contribution >= 0.6 is 7.60 Å². The molecular formula is C19H25O6P. The molecule has 0 bridgehead atoms. The summed E-state index contributed by atoms with van der Waals surface area (Å²) in [6.45, 7) is 7.54. The Morgan fingerprint density at radius 2 is 1.65 bits per heavy atom. The fourth-order valence-electron chi connectivity index (χ4n) is 2.98. The summed E-state index contributed by atoms with van der Waals surface area (Å²) in [5.74, 6) is 0.659. The molecule has 0 aromatic heterocycles. The average Bonchev–Trinajstić information content (AvgIpc) is 2.51. The maximum absolute atomic E-state index is 11.0. The van der Waals surface area contributed by atoms with Crippen LogP contribution in [0.25, 0.3) is 0 Å². The van der Waals surface area contributed by atoms with E-state index in [2.05, 4.69) is 0 Å². The number of aromatic hydroxyl groups is 1. The highest BCUT2D eigenvalue weighted by Crippen LogP contribution is 2.37. The zero-order valence-electron chi connectivity index (χ0n) is 15.3. The Kier molecular flexibility index (Phi) is 6.14. The Morgan fingerprint density at radius 1 is 1.08 bits per heavy atom. The number of aryl methyl sites for hydroxylation is 2. The van der Waals surface area contributed by atoms with E-state index in [1.54, 1.807) is 44.2 Å². The van der Waals surface area contributed by atoms with Gasteiger partial charge in [0, 0.05) is 0 Å². The molecule has 2 aromatic rings. The van der Waals surface area contributed by atoms with E-state index < -0.39 is 20.0 Å². The lowest BCUT2D eigenvalue weighted by Gasteiger charge is -2.20. The molecule has 0 radical (unpaired) electrons. The molecule has 0 fully saturated rings. The SMILES string of the molecule is Cc1cc(OCP(=O)(O)O)cc(C)c1C(O)c1ccc(O)c(C(C)C)c1. The number of aliphatic hydroxyl groups excluding tert-OH is 1. The molecule has 2 aromatic carbocycles. The number of aliphatic hydroxyl groups is 1. The summed E-state index contributed by atoms with van der Waals surface area (Å²) in [7, 11) is -4.26. The highest BCUT2D eigenvalue weighted by atomic mass is 31.2. The van der Waals surface area contributed by atoms with E-state index in [4.69, 9.17) is 14.5 Å². The van der Waals surface area contributed by atoms with Crippen LogP contribution in [0.4, 0.5) is 0 Å². The van der Waals surface area contributed by atoms with Gasteiger partial charge in [0.05, 0.1) is 0 Å². The third-order valence-electron chi connectivity index (χ3n) is 4.23. The number of benzene rings is 2. The van der Waals surface area contributed by atoms with Gasteiger partial charge in [-0.25, -0.2) is 0 Å². The summed E-state index contributed by atoms with van der Waals surface area (Å²) in [5.41, 5.74) is 3.63. The largest absolute Gasteiger partial charge is 0.508 e. The van der Waals surface area contributed by atoms with Crippen LogP contribution in [0.1, 0.15) is 53.7 Å². The van der Waals surface area contributed by atoms with Crippen LogP contribution in [0, 0.1) is 13.8 Å². The van der Waals surface area contributed by atoms with Gasteiger partial charge in [0.25, 0.3) is 0 Å². The minimum Gasteiger partial charge on any atom is -0.508 e. The zero-order chi connectivity index (χ0) is 19.6. The van der Waals surface area contributed by atoms with Gasteiger partial charge in [-0.15, -0.1) is 0 Å². The Balaban J connectivity index is 2.36. The van der Waals surface area contributed by atoms with Crippen molar-refractivity contribution in [3.8, 4) is 11.5 Å². The molecule has 0 heterocycles. The van der Waals surface area contributed by atoms with Gasteiger partial charge in [0.15, 0.2) is 6.35 Å². The average molecular weight is 380 g/mol. The molecule has 26 heavy (non-hydrogen) atoms. The fraction of sp³-hybridized carbons (Fsp3) is 0.368. The Labute approximate surface area is 153 Å². The summed E-state index contributed by atoms with van der Waals surface area (Å²) >= 11 is 0. The quantitative estimate of drug-likeness (QED) is 0.569. The van der Waals surface area contributed by atoms with Crippen molar-refractivity contribution in [2.45, 2.75) is 39.7 Å². The third kappa shape index (κ3) is 4.86. The zero-order valence-corrected chi connectivity index (χ0v) is 16.2. The summed E-state index contributed by atoms with van der Waals surface area (Å²) < 4.78 is 16.1. The minimum absolute atomic E-state index is 0.118. The van der Waals surface area contributed by atoms with E-state index in [0.717, 1.165) is 16.7 Å². The van der Waals surface area contributed by atoms with Gasteiger partial charge in [-0.1, -0.05) is 19.9 Å². The summed E-state index contributed by atoms with van der Waals surface area (Å²) in [4.78, 5) is 17.9. The normalized spacial score (nSPS) is 13.1. The van der Waals surface area contributed by atoms with Crippen LogP contribution in [0.15, 0.2) is 30.3 Å². The predicted octanol–water partition coefficient (Wildman–Crippen LogP) is 3.73. The fourth-order valence-corrected chi connectivity index (χ4v) is 3.30. The Morgan fingerprint density at radius 3 is 2.15 bits per heavy atom. The van der Waals surface area contributed by atoms with Crippen molar-refractivity contribution in [3.63, 3.8) is 0 Å². The lowest BCUT2D eigenvalue weighted by molar-refractivity contribution is 0.218. The number of hydrogen-bond donors (Lipinski definition) is 4. The van der Waals surface area contributed by atoms with Gasteiger partial charge in [-0.05, 0) is 71.8 Å². The minimum atomic E-state index is -4.26. The van der Waals surface area contributed by atoms with E-state index in [1.165, 1.54) is 0 Å². The molecule has 1 unspecified atom stereocenters. The van der Waals surface area contributed by atoms with Gasteiger partial charge in [-0.3, -0.25) is 4.57 Å². The highest BCUT2D eigenvalue weighted by molar-refractivity contribution is 7.51. The lowest BCUT2D eigenvalue weighted by Crippen LogP contribution is -2.07. The first-order valence-corrected chi connectivity index (χ1v) is 10.1. The van der Waals surface area contributed by atoms with Gasteiger partial charge in [0.1, 0.15) is 17.6 Å². The number of ether oxygens (including phenoxy) is 1. The topological polar surface area (TPSA) is 107 Å². The van der Waals surface area contributed by atoms with E-state index in [9.17, 15) is 14.8 Å². The van der Waals surface area contributed by atoms with Crippen LogP contribution in [-0.4, -0.2) is 26.3 Å². The predicted molar refractivity (Wildman–Crippen MR) is 99.7 cm³/mol. The van der Waals surface area contributed by atoms with Crippen molar-refractivity contribution < 1.29 is 29.3 Å². The number of hydrogen-bond acceptors (Lipinski definition) is 4. The molecule has 0 spiro atoms. The van der Waals surface area contributed by atoms with E-state index in [-0.39, 0.29) is 11.7 Å². The smallest absolute Gasteiger partial charge is 0.362 e. The monoisotopic (exact) mass is 380 g/mol. The number of phenolic OH excluding ortho intramolecular Hbond substituents is 1. The molecule has 0 aliphatic rings. The molecule has 0 amide bonds. The van der Waals surface area contributed by atoms with Crippen LogP contribution in [0.2, 0.25) is 0 Å². The van der Waals surface area contributed by atoms with Crippen LogP contribution in [0.5, 0.6) is 11.5 Å². The summed E-state index contributed by atoms with van der Waals surface area (Å²) in [6.07, 6.45) is -1.58. The Bertz CT molecular complexity index is 817. The molecule has 7 heteroatoms. The van der Waals surface area contributed by atoms with Crippen molar-refractivity contribution in [2.75, 3.05) is 6.35 Å². The summed E-state index contributed by atoms with van der Waals surface area (Å²) in [6, 6.07) is 8.34. The lowest BCUT2D eigenvalue weighted by atomic mass is 9.90. The second-order valence-corrected chi connectivity index (χ2v) is 8.37. The van der Waals surface area contributed by atoms with E-state index in [1.807, 2.05) is 13.8 Å². The van der Waals surface area contributed by atoms with Crippen molar-refractivity contribution in [1.29, 1.82) is 0 Å². The van der Waals surface area contributed by atoms with Crippen LogP contribution in [0.3, 0.4) is 0 Å². The molecule has 0 aliphatic carbocycles. The summed E-state index contributed by atoms with van der Waals surface area (Å²) in [5, 5.41) is 20.8. The van der Waals surface area contributed by atoms with E-state index >= 15 is 0 Å². The third-order valence-corrected chi connectivity index (χ3v) is 4.69. The van der Waals surface area contributed by atoms with Crippen molar-refractivity contribution in [3.05, 3.63) is 58.1 Å². The molecule has 2 rings (SSSR count). The first kappa shape index (κ1) is 20.5. The van der Waals surface area contributed by atoms with E-state index in [0.29, 0.717) is 16.9 Å². The molecule has 6 nitrogen and oxygen atoms in total. The molecule has 0 saturated heterocycles. The maximum atomic E-state index is 11.0. The highest BCUT2D eigenvalue weighted by Gasteiger charge is 2.20. The first-order valence-electron chi connectivity index (χ1n) is 8.29. The first-order chi connectivity index (χ1) is 12.0. The van der Waals surface area contributed by atoms with Gasteiger partial charge >= 0.3 is 7.60 Å². The number of phenols is 1. The van der Waals surface area contributed by atoms with Crippen LogP contribution < -0.4 is 4.74 Å². The molecule has 0 aliphatic heterocycles. The second-order valence-electron chi connectivity index (χ2n) is 6.78. The van der Waals surface area contributed by atoms with Gasteiger partial charge in [0.2, 0.25) is 0 Å². The molecule has 0 saturated carbocycles. The van der Waals surface area contributed by atoms with Gasteiger partial charge in [-0.2, -0.15) is 0 Å². The second kappa shape index (κ2) is 7.80. The van der Waals surface area contributed by atoms with Crippen molar-refractivity contribution in [2.24, 2.45) is 0 Å².